The van der Waals surface area contributed by atoms with Gasteiger partial charge in [0.2, 0.25) is 0 Å². The molecule has 0 atom stereocenters. The van der Waals surface area contributed by atoms with Crippen LogP contribution in [0.2, 0.25) is 0 Å². The van der Waals surface area contributed by atoms with E-state index >= 15 is 0 Å². The van der Waals surface area contributed by atoms with E-state index in [-0.39, 0.29) is 25.0 Å². The molecule has 0 aliphatic heterocycles. The first-order valence-corrected chi connectivity index (χ1v) is 10.1. The first kappa shape index (κ1) is 23.1. The van der Waals surface area contributed by atoms with Gasteiger partial charge in [0.05, 0.1) is 13.2 Å². The number of nitrogens with zero attached hydrogens (tertiary/aromatic N) is 3. The fourth-order valence-corrected chi connectivity index (χ4v) is 3.44. The summed E-state index contributed by atoms with van der Waals surface area (Å²) >= 11 is 0. The molecule has 162 valence electrons. The van der Waals surface area contributed by atoms with Crippen LogP contribution in [0.25, 0.3) is 0 Å². The van der Waals surface area contributed by atoms with E-state index in [0.29, 0.717) is 42.0 Å². The summed E-state index contributed by atoms with van der Waals surface area (Å²) in [5.41, 5.74) is 2.89. The highest BCUT2D eigenvalue weighted by Crippen LogP contribution is 2.23. The number of carbonyl (C=O) groups is 3. The summed E-state index contributed by atoms with van der Waals surface area (Å²) in [5, 5.41) is 2.75. The Bertz CT molecular complexity index is 906. The summed E-state index contributed by atoms with van der Waals surface area (Å²) in [6, 6.07) is 5.29. The van der Waals surface area contributed by atoms with Gasteiger partial charge in [0, 0.05) is 49.7 Å². The number of ether oxygens (including phenoxy) is 1. The molecule has 2 amide bonds. The van der Waals surface area contributed by atoms with Gasteiger partial charge < -0.3 is 19.5 Å². The first-order valence-electron chi connectivity index (χ1n) is 10.1. The number of aromatic nitrogens is 2. The Kier molecular flexibility index (Phi) is 8.15. The third kappa shape index (κ3) is 5.25. The second kappa shape index (κ2) is 10.6. The van der Waals surface area contributed by atoms with Crippen molar-refractivity contribution in [2.45, 2.75) is 34.1 Å². The van der Waals surface area contributed by atoms with E-state index in [1.165, 1.54) is 4.90 Å². The zero-order valence-corrected chi connectivity index (χ0v) is 18.3. The molecule has 2 aromatic heterocycles. The minimum Gasteiger partial charge on any atom is -0.461 e. The SMILES string of the molecule is CCNC(=O)N(CCc1ccccn1)CC(=O)c1c(C)c(C(=O)OCC)n(C)c1C. The number of amides is 2. The van der Waals surface area contributed by atoms with Gasteiger partial charge in [-0.3, -0.25) is 9.78 Å². The van der Waals surface area contributed by atoms with Gasteiger partial charge in [0.1, 0.15) is 5.69 Å². The highest BCUT2D eigenvalue weighted by atomic mass is 16.5. The van der Waals surface area contributed by atoms with E-state index in [1.807, 2.05) is 25.1 Å². The van der Waals surface area contributed by atoms with Crippen molar-refractivity contribution in [3.8, 4) is 0 Å². The van der Waals surface area contributed by atoms with Crippen molar-refractivity contribution in [1.29, 1.82) is 0 Å². The third-order valence-corrected chi connectivity index (χ3v) is 4.99. The van der Waals surface area contributed by atoms with Gasteiger partial charge >= 0.3 is 12.0 Å². The van der Waals surface area contributed by atoms with Gasteiger partial charge in [-0.15, -0.1) is 0 Å². The Morgan fingerprint density at radius 2 is 1.93 bits per heavy atom. The molecule has 8 nitrogen and oxygen atoms in total. The average Bonchev–Trinajstić information content (AvgIpc) is 2.94. The molecule has 30 heavy (non-hydrogen) atoms. The number of nitrogens with one attached hydrogen (secondary N) is 1. The van der Waals surface area contributed by atoms with Crippen molar-refractivity contribution in [2.24, 2.45) is 7.05 Å². The molecule has 0 fully saturated rings. The van der Waals surface area contributed by atoms with Crippen LogP contribution in [0.5, 0.6) is 0 Å². The van der Waals surface area contributed by atoms with Crippen LogP contribution < -0.4 is 5.32 Å². The van der Waals surface area contributed by atoms with E-state index in [9.17, 15) is 14.4 Å². The van der Waals surface area contributed by atoms with Crippen LogP contribution in [0.4, 0.5) is 4.79 Å². The maximum Gasteiger partial charge on any atom is 0.355 e. The molecule has 0 saturated heterocycles. The lowest BCUT2D eigenvalue weighted by atomic mass is 10.1. The highest BCUT2D eigenvalue weighted by Gasteiger charge is 2.27. The highest BCUT2D eigenvalue weighted by molar-refractivity contribution is 6.04. The molecular formula is C22H30N4O4. The fraction of sp³-hybridized carbons (Fsp3) is 0.455. The Morgan fingerprint density at radius 3 is 2.53 bits per heavy atom. The van der Waals surface area contributed by atoms with Crippen molar-refractivity contribution >= 4 is 17.8 Å². The van der Waals surface area contributed by atoms with Crippen molar-refractivity contribution in [3.05, 3.63) is 52.6 Å². The predicted octanol–water partition coefficient (Wildman–Crippen LogP) is 2.67. The van der Waals surface area contributed by atoms with E-state index in [0.717, 1.165) is 5.69 Å². The lowest BCUT2D eigenvalue weighted by Gasteiger charge is -2.22. The number of Topliss-reactive ketones (excluding diaryl/α,β-unsaturated/α-hetero) is 1. The average molecular weight is 415 g/mol. The van der Waals surface area contributed by atoms with Crippen LogP contribution >= 0.6 is 0 Å². The van der Waals surface area contributed by atoms with Crippen molar-refractivity contribution < 1.29 is 19.1 Å². The fourth-order valence-electron chi connectivity index (χ4n) is 3.44. The van der Waals surface area contributed by atoms with Crippen molar-refractivity contribution in [1.82, 2.24) is 19.8 Å². The van der Waals surface area contributed by atoms with Crippen molar-refractivity contribution in [3.63, 3.8) is 0 Å². The smallest absolute Gasteiger partial charge is 0.355 e. The summed E-state index contributed by atoms with van der Waals surface area (Å²) in [5.74, 6) is -0.682. The number of urea groups is 1. The minimum absolute atomic E-state index is 0.0906. The number of pyridine rings is 1. The van der Waals surface area contributed by atoms with Crippen LogP contribution in [0, 0.1) is 13.8 Å². The van der Waals surface area contributed by atoms with Gasteiger partial charge in [-0.25, -0.2) is 9.59 Å². The first-order chi connectivity index (χ1) is 14.3. The summed E-state index contributed by atoms with van der Waals surface area (Å²) < 4.78 is 6.80. The molecule has 1 N–H and O–H groups in total. The second-order valence-corrected chi connectivity index (χ2v) is 6.96. The largest absolute Gasteiger partial charge is 0.461 e. The molecular weight excluding hydrogens is 384 g/mol. The van der Waals surface area contributed by atoms with E-state index in [2.05, 4.69) is 10.3 Å². The number of hydrogen-bond acceptors (Lipinski definition) is 5. The van der Waals surface area contributed by atoms with Crippen LogP contribution in [0.15, 0.2) is 24.4 Å². The second-order valence-electron chi connectivity index (χ2n) is 6.96. The Labute approximate surface area is 177 Å². The van der Waals surface area contributed by atoms with Gasteiger partial charge in [0.25, 0.3) is 0 Å². The molecule has 0 spiro atoms. The van der Waals surface area contributed by atoms with Crippen LogP contribution in [0.1, 0.15) is 51.6 Å². The normalized spacial score (nSPS) is 10.6. The lowest BCUT2D eigenvalue weighted by Crippen LogP contribution is -2.44. The maximum absolute atomic E-state index is 13.2. The van der Waals surface area contributed by atoms with Gasteiger partial charge in [-0.05, 0) is 45.4 Å². The van der Waals surface area contributed by atoms with Crippen LogP contribution in [-0.2, 0) is 18.2 Å². The van der Waals surface area contributed by atoms with E-state index in [1.54, 1.807) is 38.6 Å². The number of hydrogen-bond donors (Lipinski definition) is 1. The lowest BCUT2D eigenvalue weighted by molar-refractivity contribution is 0.0514. The van der Waals surface area contributed by atoms with E-state index < -0.39 is 5.97 Å². The van der Waals surface area contributed by atoms with Crippen molar-refractivity contribution in [2.75, 3.05) is 26.2 Å². The molecule has 0 aromatic carbocycles. The molecule has 0 unspecified atom stereocenters. The van der Waals surface area contributed by atoms with Gasteiger partial charge in [0.15, 0.2) is 5.78 Å². The summed E-state index contributed by atoms with van der Waals surface area (Å²) in [7, 11) is 1.73. The third-order valence-electron chi connectivity index (χ3n) is 4.99. The molecule has 2 rings (SSSR count). The number of rotatable bonds is 9. The minimum atomic E-state index is -0.463. The molecule has 2 heterocycles. The Hall–Kier alpha value is -3.16. The number of carbonyl (C=O) groups excluding carboxylic acids is 3. The zero-order chi connectivity index (χ0) is 22.3. The number of esters is 1. The van der Waals surface area contributed by atoms with Crippen LogP contribution in [-0.4, -0.2) is 58.5 Å². The molecule has 0 aliphatic carbocycles. The van der Waals surface area contributed by atoms with Crippen LogP contribution in [0.3, 0.4) is 0 Å². The number of ketones is 1. The molecule has 0 bridgehead atoms. The Morgan fingerprint density at radius 1 is 1.20 bits per heavy atom. The molecule has 0 aliphatic rings. The zero-order valence-electron chi connectivity index (χ0n) is 18.3. The van der Waals surface area contributed by atoms with Gasteiger partial charge in [-0.2, -0.15) is 0 Å². The molecule has 0 saturated carbocycles. The quantitative estimate of drug-likeness (QED) is 0.503. The Balaban J connectivity index is 2.25. The summed E-state index contributed by atoms with van der Waals surface area (Å²) in [4.78, 5) is 43.8. The molecule has 2 aromatic rings. The van der Waals surface area contributed by atoms with E-state index in [4.69, 9.17) is 4.74 Å². The topological polar surface area (TPSA) is 93.5 Å². The molecule has 8 heteroatoms. The monoisotopic (exact) mass is 414 g/mol. The maximum atomic E-state index is 13.2. The summed E-state index contributed by atoms with van der Waals surface area (Å²) in [6.07, 6.45) is 2.23. The standard InChI is InChI=1S/C22H30N4O4/c1-6-23-22(29)26(13-11-17-10-8-9-12-24-17)14-18(27)19-15(3)20(21(28)30-7-2)25(5)16(19)4/h8-10,12H,6-7,11,13-14H2,1-5H3,(H,23,29). The predicted molar refractivity (Wildman–Crippen MR) is 114 cm³/mol. The van der Waals surface area contributed by atoms with Gasteiger partial charge in [-0.1, -0.05) is 6.07 Å². The summed E-state index contributed by atoms with van der Waals surface area (Å²) in [6.45, 7) is 8.06. The molecule has 0 radical (unpaired) electrons.